The summed E-state index contributed by atoms with van der Waals surface area (Å²) in [5, 5.41) is 3.13. The highest BCUT2D eigenvalue weighted by Gasteiger charge is 1.93. The topological polar surface area (TPSA) is 15.3 Å². The van der Waals surface area contributed by atoms with Crippen LogP contribution in [-0.2, 0) is 0 Å². The van der Waals surface area contributed by atoms with Crippen molar-refractivity contribution in [2.45, 2.75) is 19.8 Å². The number of nitrogens with one attached hydrogen (secondary N) is 1. The van der Waals surface area contributed by atoms with Gasteiger partial charge in [-0.1, -0.05) is 13.3 Å². The van der Waals surface area contributed by atoms with E-state index in [1.165, 1.54) is 19.4 Å². The van der Waals surface area contributed by atoms with Crippen molar-refractivity contribution in [3.8, 4) is 0 Å². The van der Waals surface area contributed by atoms with Crippen LogP contribution in [0.15, 0.2) is 0 Å². The maximum atomic E-state index is 3.13. The highest BCUT2D eigenvalue weighted by atomic mass is 15.1. The van der Waals surface area contributed by atoms with E-state index >= 15 is 0 Å². The largest absolute Gasteiger partial charge is 0.318 e. The van der Waals surface area contributed by atoms with Gasteiger partial charge in [-0.3, -0.25) is 0 Å². The smallest absolute Gasteiger partial charge is 0.0104 e. The van der Waals surface area contributed by atoms with Crippen LogP contribution >= 0.6 is 0 Å². The van der Waals surface area contributed by atoms with Crippen molar-refractivity contribution in [1.29, 1.82) is 0 Å². The van der Waals surface area contributed by atoms with Crippen LogP contribution < -0.4 is 5.32 Å². The molecule has 0 unspecified atom stereocenters. The minimum Gasteiger partial charge on any atom is -0.318 e. The third kappa shape index (κ3) is 6.05. The van der Waals surface area contributed by atoms with Crippen molar-refractivity contribution >= 4 is 0 Å². The van der Waals surface area contributed by atoms with Crippen LogP contribution in [0, 0.1) is 0 Å². The number of likely N-dealkylation sites (N-methyl/N-ethyl adjacent to an activating group) is 2. The normalized spacial score (nSPS) is 10.8. The molecule has 0 aliphatic carbocycles. The van der Waals surface area contributed by atoms with Crippen molar-refractivity contribution in [3.63, 3.8) is 0 Å². The molecule has 0 rings (SSSR count). The van der Waals surface area contributed by atoms with Gasteiger partial charge in [-0.05, 0) is 27.1 Å². The molecule has 0 atom stereocenters. The van der Waals surface area contributed by atoms with E-state index in [1.54, 1.807) is 0 Å². The zero-order valence-electron chi connectivity index (χ0n) is 7.48. The lowest BCUT2D eigenvalue weighted by Crippen LogP contribution is -2.28. The molecule has 0 aromatic carbocycles. The molecule has 0 saturated carbocycles. The molecule has 0 aromatic rings. The van der Waals surface area contributed by atoms with E-state index in [4.69, 9.17) is 0 Å². The molecule has 0 radical (unpaired) electrons. The number of nitrogens with zero attached hydrogens (tertiary/aromatic N) is 1. The first kappa shape index (κ1) is 9.92. The van der Waals surface area contributed by atoms with Gasteiger partial charge in [0.25, 0.3) is 0 Å². The van der Waals surface area contributed by atoms with Crippen molar-refractivity contribution in [1.82, 2.24) is 10.2 Å². The third-order valence-corrected chi connectivity index (χ3v) is 1.64. The molecule has 0 aliphatic rings. The van der Waals surface area contributed by atoms with Gasteiger partial charge in [-0.2, -0.15) is 0 Å². The maximum Gasteiger partial charge on any atom is 0.0104 e. The van der Waals surface area contributed by atoms with E-state index in [0.29, 0.717) is 0 Å². The van der Waals surface area contributed by atoms with Crippen LogP contribution in [0.2, 0.25) is 0 Å². The third-order valence-electron chi connectivity index (χ3n) is 1.64. The van der Waals surface area contributed by atoms with E-state index < -0.39 is 0 Å². The van der Waals surface area contributed by atoms with Gasteiger partial charge in [0.1, 0.15) is 0 Å². The van der Waals surface area contributed by atoms with Crippen molar-refractivity contribution in [2.75, 3.05) is 33.7 Å². The lowest BCUT2D eigenvalue weighted by Gasteiger charge is -2.14. The van der Waals surface area contributed by atoms with Gasteiger partial charge in [-0.15, -0.1) is 0 Å². The monoisotopic (exact) mass is 144 g/mol. The first-order chi connectivity index (χ1) is 4.81. The van der Waals surface area contributed by atoms with Crippen molar-refractivity contribution < 1.29 is 0 Å². The average Bonchev–Trinajstić information content (AvgIpc) is 1.97. The molecule has 0 aliphatic heterocycles. The SMILES string of the molecule is CCCCN(C)CCNC. The number of hydrogen-bond donors (Lipinski definition) is 1. The Kier molecular flexibility index (Phi) is 6.98. The summed E-state index contributed by atoms with van der Waals surface area (Å²) < 4.78 is 0. The van der Waals surface area contributed by atoms with Crippen molar-refractivity contribution in [3.05, 3.63) is 0 Å². The Hall–Kier alpha value is -0.0800. The quantitative estimate of drug-likeness (QED) is 0.597. The molecule has 0 fully saturated rings. The van der Waals surface area contributed by atoms with Gasteiger partial charge in [0, 0.05) is 13.1 Å². The van der Waals surface area contributed by atoms with Gasteiger partial charge in [0.2, 0.25) is 0 Å². The Morgan fingerprint density at radius 3 is 2.50 bits per heavy atom. The molecule has 0 spiro atoms. The number of unbranched alkanes of at least 4 members (excludes halogenated alkanes) is 1. The van der Waals surface area contributed by atoms with E-state index in [1.807, 2.05) is 7.05 Å². The van der Waals surface area contributed by atoms with Crippen LogP contribution in [0.25, 0.3) is 0 Å². The predicted molar refractivity (Wildman–Crippen MR) is 46.3 cm³/mol. The molecule has 10 heavy (non-hydrogen) atoms. The zero-order chi connectivity index (χ0) is 7.82. The molecule has 0 aromatic heterocycles. The second kappa shape index (κ2) is 7.03. The van der Waals surface area contributed by atoms with E-state index in [-0.39, 0.29) is 0 Å². The Bertz CT molecular complexity index is 56.3. The molecular weight excluding hydrogens is 124 g/mol. The summed E-state index contributed by atoms with van der Waals surface area (Å²) in [6.07, 6.45) is 2.62. The first-order valence-corrected chi connectivity index (χ1v) is 4.14. The van der Waals surface area contributed by atoms with Gasteiger partial charge < -0.3 is 10.2 Å². The average molecular weight is 144 g/mol. The van der Waals surface area contributed by atoms with Crippen LogP contribution in [0.5, 0.6) is 0 Å². The Balaban J connectivity index is 3.00. The molecule has 0 bridgehead atoms. The standard InChI is InChI=1S/C8H20N2/c1-4-5-7-10(3)8-6-9-2/h9H,4-8H2,1-3H3. The first-order valence-electron chi connectivity index (χ1n) is 4.14. The predicted octanol–water partition coefficient (Wildman–Crippen LogP) is 0.938. The second-order valence-electron chi connectivity index (χ2n) is 2.76. The Morgan fingerprint density at radius 1 is 1.30 bits per heavy atom. The molecular formula is C8H20N2. The molecule has 2 nitrogen and oxygen atoms in total. The highest BCUT2D eigenvalue weighted by Crippen LogP contribution is 1.89. The van der Waals surface area contributed by atoms with Gasteiger partial charge in [-0.25, -0.2) is 0 Å². The Labute approximate surface area is 64.6 Å². The summed E-state index contributed by atoms with van der Waals surface area (Å²) in [4.78, 5) is 2.36. The second-order valence-corrected chi connectivity index (χ2v) is 2.76. The fraction of sp³-hybridized carbons (Fsp3) is 1.00. The molecule has 2 heteroatoms. The van der Waals surface area contributed by atoms with Gasteiger partial charge in [0.05, 0.1) is 0 Å². The van der Waals surface area contributed by atoms with E-state index in [9.17, 15) is 0 Å². The van der Waals surface area contributed by atoms with Gasteiger partial charge >= 0.3 is 0 Å². The van der Waals surface area contributed by atoms with E-state index in [0.717, 1.165) is 13.1 Å². The minimum atomic E-state index is 1.10. The molecule has 0 amide bonds. The van der Waals surface area contributed by atoms with Crippen LogP contribution in [0.1, 0.15) is 19.8 Å². The number of rotatable bonds is 6. The number of hydrogen-bond acceptors (Lipinski definition) is 2. The van der Waals surface area contributed by atoms with Gasteiger partial charge in [0.15, 0.2) is 0 Å². The Morgan fingerprint density at radius 2 is 2.00 bits per heavy atom. The van der Waals surface area contributed by atoms with Crippen molar-refractivity contribution in [2.24, 2.45) is 0 Å². The summed E-state index contributed by atoms with van der Waals surface area (Å²) in [6, 6.07) is 0. The summed E-state index contributed by atoms with van der Waals surface area (Å²) in [5.41, 5.74) is 0. The zero-order valence-corrected chi connectivity index (χ0v) is 7.48. The van der Waals surface area contributed by atoms with E-state index in [2.05, 4.69) is 24.2 Å². The molecule has 0 saturated heterocycles. The summed E-state index contributed by atoms with van der Waals surface area (Å²) in [5.74, 6) is 0. The molecule has 0 heterocycles. The lowest BCUT2D eigenvalue weighted by molar-refractivity contribution is 0.329. The van der Waals surface area contributed by atoms with Crippen LogP contribution in [-0.4, -0.2) is 38.6 Å². The highest BCUT2D eigenvalue weighted by molar-refractivity contribution is 4.51. The fourth-order valence-electron chi connectivity index (χ4n) is 0.842. The molecule has 62 valence electrons. The lowest BCUT2D eigenvalue weighted by atomic mass is 10.3. The summed E-state index contributed by atoms with van der Waals surface area (Å²) in [7, 11) is 4.17. The fourth-order valence-corrected chi connectivity index (χ4v) is 0.842. The maximum absolute atomic E-state index is 3.13. The minimum absolute atomic E-state index is 1.10. The summed E-state index contributed by atoms with van der Waals surface area (Å²) >= 11 is 0. The van der Waals surface area contributed by atoms with Crippen LogP contribution in [0.3, 0.4) is 0 Å². The molecule has 1 N–H and O–H groups in total. The van der Waals surface area contributed by atoms with Crippen LogP contribution in [0.4, 0.5) is 0 Å². The summed E-state index contributed by atoms with van der Waals surface area (Å²) in [6.45, 7) is 5.72.